The van der Waals surface area contributed by atoms with E-state index in [-0.39, 0.29) is 18.1 Å². The summed E-state index contributed by atoms with van der Waals surface area (Å²) in [6, 6.07) is 15.7. The summed E-state index contributed by atoms with van der Waals surface area (Å²) in [4.78, 5) is 12.9. The van der Waals surface area contributed by atoms with E-state index in [2.05, 4.69) is 12.2 Å². The molecular formula is C22H29NO4. The number of phenols is 1. The molecule has 0 aliphatic rings. The van der Waals surface area contributed by atoms with Crippen LogP contribution in [0.3, 0.4) is 0 Å². The molecule has 2 aromatic carbocycles. The molecular weight excluding hydrogens is 342 g/mol. The molecule has 0 bridgehead atoms. The van der Waals surface area contributed by atoms with E-state index in [0.29, 0.717) is 18.5 Å². The van der Waals surface area contributed by atoms with E-state index in [1.165, 1.54) is 0 Å². The molecule has 5 heteroatoms. The number of unbranched alkanes of at least 4 members (excludes halogenated alkanes) is 1. The van der Waals surface area contributed by atoms with Gasteiger partial charge in [-0.05, 0) is 30.7 Å². The van der Waals surface area contributed by atoms with Crippen LogP contribution in [-0.4, -0.2) is 47.9 Å². The molecule has 2 atom stereocenters. The van der Waals surface area contributed by atoms with Crippen LogP contribution in [0, 0.1) is 0 Å². The topological polar surface area (TPSA) is 78.8 Å². The van der Waals surface area contributed by atoms with Crippen molar-refractivity contribution >= 4 is 5.78 Å². The van der Waals surface area contributed by atoms with E-state index in [0.717, 1.165) is 24.9 Å². The fraction of sp³-hybridized carbons (Fsp3) is 0.409. The highest BCUT2D eigenvalue weighted by molar-refractivity contribution is 5.99. The van der Waals surface area contributed by atoms with Crippen molar-refractivity contribution in [2.45, 2.75) is 38.4 Å². The number of aliphatic hydroxyl groups excluding tert-OH is 1. The number of benzene rings is 2. The van der Waals surface area contributed by atoms with Crippen molar-refractivity contribution in [1.29, 1.82) is 0 Å². The first kappa shape index (κ1) is 21.1. The van der Waals surface area contributed by atoms with Crippen molar-refractivity contribution in [3.63, 3.8) is 0 Å². The van der Waals surface area contributed by atoms with Crippen molar-refractivity contribution in [3.8, 4) is 5.75 Å². The first-order chi connectivity index (χ1) is 13.1. The van der Waals surface area contributed by atoms with Crippen LogP contribution in [0.5, 0.6) is 5.75 Å². The largest absolute Gasteiger partial charge is 0.508 e. The SMILES string of the molecule is CCCCNCC(O)COC(Cc1ccc(O)cc1)C(=O)c1ccccc1. The maximum absolute atomic E-state index is 12.9. The summed E-state index contributed by atoms with van der Waals surface area (Å²) in [5.41, 5.74) is 1.47. The molecule has 2 rings (SSSR count). The van der Waals surface area contributed by atoms with E-state index in [1.807, 2.05) is 18.2 Å². The molecule has 0 aliphatic carbocycles. The van der Waals surface area contributed by atoms with Gasteiger partial charge in [0.1, 0.15) is 11.9 Å². The summed E-state index contributed by atoms with van der Waals surface area (Å²) in [5, 5.41) is 22.7. The summed E-state index contributed by atoms with van der Waals surface area (Å²) in [5.74, 6) is 0.0639. The molecule has 0 amide bonds. The second-order valence-electron chi connectivity index (χ2n) is 6.63. The fourth-order valence-electron chi connectivity index (χ4n) is 2.72. The third kappa shape index (κ3) is 7.51. The number of hydrogen-bond acceptors (Lipinski definition) is 5. The molecule has 146 valence electrons. The van der Waals surface area contributed by atoms with E-state index in [4.69, 9.17) is 4.74 Å². The minimum Gasteiger partial charge on any atom is -0.508 e. The fourth-order valence-corrected chi connectivity index (χ4v) is 2.72. The average Bonchev–Trinajstić information content (AvgIpc) is 2.70. The third-order valence-electron chi connectivity index (χ3n) is 4.29. The van der Waals surface area contributed by atoms with Crippen molar-refractivity contribution in [2.24, 2.45) is 0 Å². The lowest BCUT2D eigenvalue weighted by Gasteiger charge is -2.20. The maximum Gasteiger partial charge on any atom is 0.191 e. The van der Waals surface area contributed by atoms with Crippen LogP contribution in [0.15, 0.2) is 54.6 Å². The van der Waals surface area contributed by atoms with Crippen molar-refractivity contribution in [1.82, 2.24) is 5.32 Å². The van der Waals surface area contributed by atoms with Gasteiger partial charge >= 0.3 is 0 Å². The zero-order valence-electron chi connectivity index (χ0n) is 15.8. The first-order valence-corrected chi connectivity index (χ1v) is 9.47. The van der Waals surface area contributed by atoms with E-state index >= 15 is 0 Å². The molecule has 0 aromatic heterocycles. The highest BCUT2D eigenvalue weighted by Gasteiger charge is 2.22. The number of hydrogen-bond donors (Lipinski definition) is 3. The maximum atomic E-state index is 12.9. The Morgan fingerprint density at radius 2 is 1.81 bits per heavy atom. The van der Waals surface area contributed by atoms with Gasteiger partial charge < -0.3 is 20.3 Å². The van der Waals surface area contributed by atoms with Crippen LogP contribution in [0.1, 0.15) is 35.7 Å². The molecule has 0 spiro atoms. The Kier molecular flexibility index (Phi) is 8.98. The number of aliphatic hydroxyl groups is 1. The van der Waals surface area contributed by atoms with Gasteiger partial charge in [-0.1, -0.05) is 55.8 Å². The Morgan fingerprint density at radius 3 is 2.48 bits per heavy atom. The second kappa shape index (κ2) is 11.5. The van der Waals surface area contributed by atoms with Crippen LogP contribution in [0.2, 0.25) is 0 Å². The van der Waals surface area contributed by atoms with Gasteiger partial charge in [0, 0.05) is 18.5 Å². The quantitative estimate of drug-likeness (QED) is 0.395. The second-order valence-corrected chi connectivity index (χ2v) is 6.63. The zero-order valence-corrected chi connectivity index (χ0v) is 15.8. The average molecular weight is 371 g/mol. The molecule has 0 saturated carbocycles. The minimum absolute atomic E-state index is 0.0838. The minimum atomic E-state index is -0.692. The molecule has 0 heterocycles. The molecule has 3 N–H and O–H groups in total. The summed E-state index contributed by atoms with van der Waals surface area (Å²) >= 11 is 0. The number of carbonyl (C=O) groups is 1. The lowest BCUT2D eigenvalue weighted by molar-refractivity contribution is -0.00165. The Bertz CT molecular complexity index is 672. The number of carbonyl (C=O) groups excluding carboxylic acids is 1. The summed E-state index contributed by atoms with van der Waals surface area (Å²) < 4.78 is 5.81. The highest BCUT2D eigenvalue weighted by atomic mass is 16.5. The first-order valence-electron chi connectivity index (χ1n) is 9.47. The molecule has 2 unspecified atom stereocenters. The normalized spacial score (nSPS) is 13.3. The molecule has 5 nitrogen and oxygen atoms in total. The van der Waals surface area contributed by atoms with Crippen molar-refractivity contribution in [3.05, 3.63) is 65.7 Å². The Morgan fingerprint density at radius 1 is 1.11 bits per heavy atom. The number of phenolic OH excluding ortho intramolecular Hbond substituents is 1. The standard InChI is InChI=1S/C22H29NO4/c1-2-3-13-23-15-20(25)16-27-21(14-17-9-11-19(24)12-10-17)22(26)18-7-5-4-6-8-18/h4-12,20-21,23-25H,2-3,13-16H2,1H3. The Labute approximate surface area is 161 Å². The Hall–Kier alpha value is -2.21. The van der Waals surface area contributed by atoms with Gasteiger partial charge in [0.2, 0.25) is 0 Å². The number of rotatable bonds is 12. The zero-order chi connectivity index (χ0) is 19.5. The van der Waals surface area contributed by atoms with Crippen LogP contribution in [-0.2, 0) is 11.2 Å². The van der Waals surface area contributed by atoms with Gasteiger partial charge in [0.05, 0.1) is 12.7 Å². The van der Waals surface area contributed by atoms with Gasteiger partial charge in [-0.15, -0.1) is 0 Å². The smallest absolute Gasteiger partial charge is 0.191 e. The van der Waals surface area contributed by atoms with E-state index in [1.54, 1.807) is 36.4 Å². The predicted octanol–water partition coefficient (Wildman–Crippen LogP) is 2.95. The molecule has 0 radical (unpaired) electrons. The van der Waals surface area contributed by atoms with Gasteiger partial charge in [-0.25, -0.2) is 0 Å². The molecule has 0 saturated heterocycles. The number of ether oxygens (including phenoxy) is 1. The molecule has 27 heavy (non-hydrogen) atoms. The van der Waals surface area contributed by atoms with Crippen LogP contribution < -0.4 is 5.32 Å². The predicted molar refractivity (Wildman–Crippen MR) is 106 cm³/mol. The summed E-state index contributed by atoms with van der Waals surface area (Å²) in [7, 11) is 0. The summed E-state index contributed by atoms with van der Waals surface area (Å²) in [6.07, 6.45) is 1.17. The lowest BCUT2D eigenvalue weighted by atomic mass is 9.99. The van der Waals surface area contributed by atoms with Gasteiger partial charge in [0.25, 0.3) is 0 Å². The van der Waals surface area contributed by atoms with E-state index in [9.17, 15) is 15.0 Å². The van der Waals surface area contributed by atoms with Crippen LogP contribution >= 0.6 is 0 Å². The monoisotopic (exact) mass is 371 g/mol. The Balaban J connectivity index is 1.98. The highest BCUT2D eigenvalue weighted by Crippen LogP contribution is 2.16. The van der Waals surface area contributed by atoms with Gasteiger partial charge in [-0.2, -0.15) is 0 Å². The number of aromatic hydroxyl groups is 1. The van der Waals surface area contributed by atoms with Crippen molar-refractivity contribution < 1.29 is 19.7 Å². The van der Waals surface area contributed by atoms with Crippen LogP contribution in [0.25, 0.3) is 0 Å². The number of Topliss-reactive ketones (excluding diaryl/α,β-unsaturated/α-hetero) is 1. The number of nitrogens with one attached hydrogen (secondary N) is 1. The van der Waals surface area contributed by atoms with Crippen LogP contribution in [0.4, 0.5) is 0 Å². The molecule has 2 aromatic rings. The van der Waals surface area contributed by atoms with E-state index < -0.39 is 12.2 Å². The lowest BCUT2D eigenvalue weighted by Crippen LogP contribution is -2.35. The summed E-state index contributed by atoms with van der Waals surface area (Å²) in [6.45, 7) is 3.49. The third-order valence-corrected chi connectivity index (χ3v) is 4.29. The molecule has 0 aliphatic heterocycles. The van der Waals surface area contributed by atoms with Gasteiger partial charge in [0.15, 0.2) is 5.78 Å². The van der Waals surface area contributed by atoms with Gasteiger partial charge in [-0.3, -0.25) is 4.79 Å². The van der Waals surface area contributed by atoms with Crippen molar-refractivity contribution in [2.75, 3.05) is 19.7 Å². The number of ketones is 1. The molecule has 0 fully saturated rings.